The Kier molecular flexibility index (Phi) is 6.08. The van der Waals surface area contributed by atoms with Crippen molar-refractivity contribution in [1.29, 1.82) is 0 Å². The number of ether oxygens (including phenoxy) is 1. The molecule has 156 valence electrons. The smallest absolute Gasteiger partial charge is 0.269 e. The largest absolute Gasteiger partial charge is 0.390 e. The Morgan fingerprint density at radius 3 is 2.66 bits per heavy atom. The maximum absolute atomic E-state index is 12.0. The quantitative estimate of drug-likeness (QED) is 0.773. The van der Waals surface area contributed by atoms with E-state index in [9.17, 15) is 9.90 Å². The number of carbonyl (C=O) groups excluding carboxylic acids is 1. The number of aryl methyl sites for hydroxylation is 1. The van der Waals surface area contributed by atoms with Crippen molar-refractivity contribution < 1.29 is 14.6 Å². The second kappa shape index (κ2) is 8.73. The van der Waals surface area contributed by atoms with Gasteiger partial charge in [0.15, 0.2) is 5.69 Å². The number of amides is 1. The van der Waals surface area contributed by atoms with Crippen molar-refractivity contribution in [3.05, 3.63) is 35.0 Å². The van der Waals surface area contributed by atoms with Gasteiger partial charge in [0.2, 0.25) is 0 Å². The molecule has 1 aliphatic heterocycles. The summed E-state index contributed by atoms with van der Waals surface area (Å²) >= 11 is 0. The molecule has 4 rings (SSSR count). The highest BCUT2D eigenvalue weighted by molar-refractivity contribution is 5.97. The zero-order chi connectivity index (χ0) is 20.3. The van der Waals surface area contributed by atoms with Crippen molar-refractivity contribution in [1.82, 2.24) is 15.1 Å². The third-order valence-corrected chi connectivity index (χ3v) is 6.30. The summed E-state index contributed by atoms with van der Waals surface area (Å²) < 4.78 is 5.43. The minimum atomic E-state index is -0.659. The topological polar surface area (TPSA) is 102 Å². The summed E-state index contributed by atoms with van der Waals surface area (Å²) in [5.74, 6) is -0.566. The van der Waals surface area contributed by atoms with E-state index in [1.54, 1.807) is 0 Å². The van der Waals surface area contributed by atoms with Crippen LogP contribution >= 0.6 is 0 Å². The first-order valence-electron chi connectivity index (χ1n) is 10.6. The van der Waals surface area contributed by atoms with Crippen molar-refractivity contribution in [3.63, 3.8) is 0 Å². The first kappa shape index (κ1) is 20.2. The number of nitrogens with zero attached hydrogens (tertiary/aromatic N) is 3. The predicted molar refractivity (Wildman–Crippen MR) is 111 cm³/mol. The van der Waals surface area contributed by atoms with Gasteiger partial charge in [0.25, 0.3) is 5.91 Å². The van der Waals surface area contributed by atoms with E-state index in [2.05, 4.69) is 27.2 Å². The monoisotopic (exact) mass is 398 g/mol. The molecule has 1 aromatic heterocycles. The van der Waals surface area contributed by atoms with Crippen LogP contribution in [0.25, 0.3) is 10.9 Å². The Morgan fingerprint density at radius 2 is 1.93 bits per heavy atom. The van der Waals surface area contributed by atoms with Crippen LogP contribution in [0.3, 0.4) is 0 Å². The zero-order valence-corrected chi connectivity index (χ0v) is 16.9. The average molecular weight is 399 g/mol. The van der Waals surface area contributed by atoms with Gasteiger partial charge in [0.1, 0.15) is 0 Å². The molecular weight excluding hydrogens is 368 g/mol. The second-order valence-corrected chi connectivity index (χ2v) is 8.42. The molecule has 1 amide bonds. The summed E-state index contributed by atoms with van der Waals surface area (Å²) in [4.78, 5) is 14.4. The maximum atomic E-state index is 12.0. The molecule has 0 unspecified atom stereocenters. The molecule has 0 radical (unpaired) electrons. The van der Waals surface area contributed by atoms with Gasteiger partial charge < -0.3 is 15.6 Å². The number of primary amides is 1. The van der Waals surface area contributed by atoms with Gasteiger partial charge >= 0.3 is 0 Å². The minimum Gasteiger partial charge on any atom is -0.390 e. The lowest BCUT2D eigenvalue weighted by Gasteiger charge is -2.32. The maximum Gasteiger partial charge on any atom is 0.269 e. The number of hydrogen-bond donors (Lipinski definition) is 2. The molecule has 2 heterocycles. The normalized spacial score (nSPS) is 20.0. The number of hydrogen-bond acceptors (Lipinski definition) is 6. The van der Waals surface area contributed by atoms with E-state index >= 15 is 0 Å². The lowest BCUT2D eigenvalue weighted by atomic mass is 9.80. The third-order valence-electron chi connectivity index (χ3n) is 6.30. The molecule has 0 atom stereocenters. The van der Waals surface area contributed by atoms with Crippen LogP contribution < -0.4 is 5.73 Å². The van der Waals surface area contributed by atoms with Gasteiger partial charge in [0.05, 0.1) is 24.3 Å². The number of morpholine rings is 1. The van der Waals surface area contributed by atoms with Crippen LogP contribution in [0.2, 0.25) is 0 Å². The van der Waals surface area contributed by atoms with Crippen LogP contribution in [0.1, 0.15) is 60.1 Å². The van der Waals surface area contributed by atoms with Crippen LogP contribution in [-0.2, 0) is 17.7 Å². The van der Waals surface area contributed by atoms with Gasteiger partial charge in [-0.1, -0.05) is 25.3 Å². The summed E-state index contributed by atoms with van der Waals surface area (Å²) in [7, 11) is 0. The number of benzene rings is 1. The predicted octanol–water partition coefficient (Wildman–Crippen LogP) is 2.19. The van der Waals surface area contributed by atoms with E-state index in [-0.39, 0.29) is 5.69 Å². The summed E-state index contributed by atoms with van der Waals surface area (Å²) in [6, 6.07) is 6.13. The van der Waals surface area contributed by atoms with Crippen LogP contribution in [0.15, 0.2) is 18.2 Å². The van der Waals surface area contributed by atoms with Gasteiger partial charge in [0, 0.05) is 25.0 Å². The molecule has 1 aliphatic carbocycles. The van der Waals surface area contributed by atoms with Crippen molar-refractivity contribution in [3.8, 4) is 0 Å². The molecular formula is C22H30N4O3. The van der Waals surface area contributed by atoms with Gasteiger partial charge in [-0.2, -0.15) is 0 Å². The number of fused-ring (bicyclic) bond motifs is 1. The number of aromatic nitrogens is 2. The van der Waals surface area contributed by atoms with Gasteiger partial charge in [-0.25, -0.2) is 0 Å². The third kappa shape index (κ3) is 4.74. The zero-order valence-electron chi connectivity index (χ0n) is 16.9. The summed E-state index contributed by atoms with van der Waals surface area (Å²) in [5, 5.41) is 20.2. The molecule has 7 nitrogen and oxygen atoms in total. The Hall–Kier alpha value is -2.09. The minimum absolute atomic E-state index is 0.223. The SMILES string of the molecule is NC(=O)c1nnc2ccc(CN3CCOCC3)cc2c1CCC1(O)CCCCC1. The highest BCUT2D eigenvalue weighted by Gasteiger charge is 2.30. The first-order valence-corrected chi connectivity index (χ1v) is 10.6. The van der Waals surface area contributed by atoms with E-state index in [0.717, 1.165) is 75.0 Å². The summed E-state index contributed by atoms with van der Waals surface area (Å²) in [5.41, 5.74) is 7.91. The fourth-order valence-corrected chi connectivity index (χ4v) is 4.59. The Labute approximate surface area is 171 Å². The number of nitrogens with two attached hydrogens (primary N) is 1. The van der Waals surface area contributed by atoms with Crippen LogP contribution in [0.4, 0.5) is 0 Å². The highest BCUT2D eigenvalue weighted by Crippen LogP contribution is 2.33. The molecule has 29 heavy (non-hydrogen) atoms. The molecule has 0 bridgehead atoms. The first-order chi connectivity index (χ1) is 14.0. The molecule has 7 heteroatoms. The van der Waals surface area contributed by atoms with E-state index in [0.29, 0.717) is 12.8 Å². The lowest BCUT2D eigenvalue weighted by molar-refractivity contribution is -0.00342. The molecule has 1 saturated heterocycles. The van der Waals surface area contributed by atoms with Crippen molar-refractivity contribution >= 4 is 16.8 Å². The van der Waals surface area contributed by atoms with E-state index in [1.807, 2.05) is 6.07 Å². The standard InChI is InChI=1S/C22H30N4O3/c23-21(27)20-17(6-9-22(28)7-2-1-3-8-22)18-14-16(4-5-19(18)24-25-20)15-26-10-12-29-13-11-26/h4-5,14,28H,1-3,6-13,15H2,(H2,23,27). The Morgan fingerprint density at radius 1 is 1.17 bits per heavy atom. The van der Waals surface area contributed by atoms with Gasteiger partial charge in [-0.05, 0) is 48.9 Å². The van der Waals surface area contributed by atoms with Gasteiger partial charge in [-0.3, -0.25) is 9.69 Å². The molecule has 2 aromatic rings. The van der Waals surface area contributed by atoms with Crippen LogP contribution in [0.5, 0.6) is 0 Å². The molecule has 2 aliphatic rings. The molecule has 0 spiro atoms. The fraction of sp³-hybridized carbons (Fsp3) is 0.591. The summed E-state index contributed by atoms with van der Waals surface area (Å²) in [6.07, 6.45) is 6.11. The van der Waals surface area contributed by atoms with E-state index in [4.69, 9.17) is 10.5 Å². The molecule has 1 aromatic carbocycles. The van der Waals surface area contributed by atoms with Crippen LogP contribution in [0, 0.1) is 0 Å². The van der Waals surface area contributed by atoms with Crippen molar-refractivity contribution in [2.75, 3.05) is 26.3 Å². The summed E-state index contributed by atoms with van der Waals surface area (Å²) in [6.45, 7) is 4.18. The molecule has 3 N–H and O–H groups in total. The fourth-order valence-electron chi connectivity index (χ4n) is 4.59. The van der Waals surface area contributed by atoms with Crippen molar-refractivity contribution in [2.24, 2.45) is 5.73 Å². The second-order valence-electron chi connectivity index (χ2n) is 8.42. The molecule has 2 fully saturated rings. The van der Waals surface area contributed by atoms with Crippen LogP contribution in [-0.4, -0.2) is 58.0 Å². The lowest BCUT2D eigenvalue weighted by Crippen LogP contribution is -2.35. The number of rotatable bonds is 6. The van der Waals surface area contributed by atoms with E-state index < -0.39 is 11.5 Å². The van der Waals surface area contributed by atoms with E-state index in [1.165, 1.54) is 12.0 Å². The number of aliphatic hydroxyl groups is 1. The average Bonchev–Trinajstić information content (AvgIpc) is 2.73. The van der Waals surface area contributed by atoms with Crippen molar-refractivity contribution in [2.45, 2.75) is 57.1 Å². The Balaban J connectivity index is 1.64. The Bertz CT molecular complexity index is 874. The molecule has 1 saturated carbocycles. The van der Waals surface area contributed by atoms with Gasteiger partial charge in [-0.15, -0.1) is 10.2 Å². The highest BCUT2D eigenvalue weighted by atomic mass is 16.5. The number of carbonyl (C=O) groups is 1.